The van der Waals surface area contributed by atoms with Crippen molar-refractivity contribution in [2.45, 2.75) is 54.4 Å². The highest BCUT2D eigenvalue weighted by Gasteiger charge is 2.14. The average molecular weight is 477 g/mol. The predicted octanol–water partition coefficient (Wildman–Crippen LogP) is 9.60. The van der Waals surface area contributed by atoms with Crippen molar-refractivity contribution in [3.05, 3.63) is 107 Å². The van der Waals surface area contributed by atoms with Crippen molar-refractivity contribution in [2.75, 3.05) is 0 Å². The topological polar surface area (TPSA) is 0 Å². The lowest BCUT2D eigenvalue weighted by molar-refractivity contribution is 0.689. The minimum atomic E-state index is 0.571. The molecule has 2 heterocycles. The van der Waals surface area contributed by atoms with E-state index in [1.807, 2.05) is 36.1 Å². The lowest BCUT2D eigenvalue weighted by Crippen LogP contribution is -1.92. The minimum Gasteiger partial charge on any atom is -0.140 e. The Kier molecular flexibility index (Phi) is 10.5. The van der Waals surface area contributed by atoms with Crippen molar-refractivity contribution in [3.8, 4) is 0 Å². The monoisotopic (exact) mass is 476 g/mol. The van der Waals surface area contributed by atoms with Crippen LogP contribution < -0.4 is 0 Å². The van der Waals surface area contributed by atoms with Gasteiger partial charge in [0.05, 0.1) is 4.91 Å². The largest absolute Gasteiger partial charge is 0.140 e. The van der Waals surface area contributed by atoms with Crippen LogP contribution >= 0.6 is 35.7 Å². The second-order valence-corrected chi connectivity index (χ2v) is 10.7. The third-order valence-electron chi connectivity index (χ3n) is 5.37. The standard InChI is InChI=1S/C29H32S3/c1-8-10-27(30)23(6)13-11-21(4)22(5)12-14-24(7)29-18-16-26(32-29)19-25-15-17-28(31-25)20(3)9-2/h11-14,16,18,20,30H,1,9,19H2,2-7H3/b21-11+,22-12+,23-13+,24-14+. The summed E-state index contributed by atoms with van der Waals surface area (Å²) in [7, 11) is 0. The molecule has 0 saturated carbocycles. The van der Waals surface area contributed by atoms with E-state index in [-0.39, 0.29) is 0 Å². The molecule has 3 heteroatoms. The van der Waals surface area contributed by atoms with E-state index >= 15 is 0 Å². The third-order valence-corrected chi connectivity index (χ3v) is 8.27. The summed E-state index contributed by atoms with van der Waals surface area (Å²) in [6.07, 6.45) is 10.6. The van der Waals surface area contributed by atoms with Crippen molar-refractivity contribution in [3.63, 3.8) is 0 Å². The number of allylic oxidation sites excluding steroid dienone is 10. The SMILES string of the molecule is C=C=C=C(S)/C(C)=C/C=C(C)/C(C)=C/C=C(\C)c1ccc(CC2=C=C=C(C(C)CC)S2)s1. The van der Waals surface area contributed by atoms with Crippen molar-refractivity contribution in [1.82, 2.24) is 0 Å². The van der Waals surface area contributed by atoms with E-state index < -0.39 is 0 Å². The Morgan fingerprint density at radius 1 is 1.06 bits per heavy atom. The molecule has 0 bridgehead atoms. The van der Waals surface area contributed by atoms with E-state index in [0.29, 0.717) is 5.92 Å². The Labute approximate surface area is 208 Å². The molecule has 0 radical (unpaired) electrons. The number of thioether (sulfide) groups is 1. The third kappa shape index (κ3) is 7.83. The van der Waals surface area contributed by atoms with Crippen LogP contribution in [0.4, 0.5) is 0 Å². The lowest BCUT2D eigenvalue weighted by Gasteiger charge is -2.08. The van der Waals surface area contributed by atoms with Crippen LogP contribution in [0.3, 0.4) is 0 Å². The molecule has 0 aromatic carbocycles. The zero-order chi connectivity index (χ0) is 23.7. The van der Waals surface area contributed by atoms with Crippen LogP contribution in [0.15, 0.2) is 97.4 Å². The van der Waals surface area contributed by atoms with Crippen molar-refractivity contribution < 1.29 is 0 Å². The van der Waals surface area contributed by atoms with Crippen LogP contribution in [0.25, 0.3) is 5.57 Å². The molecule has 1 atom stereocenters. The lowest BCUT2D eigenvalue weighted by atomic mass is 10.1. The molecular formula is C29H32S3. The Balaban J connectivity index is 2.07. The molecule has 166 valence electrons. The molecule has 0 saturated heterocycles. The van der Waals surface area contributed by atoms with Crippen LogP contribution in [0.1, 0.15) is 57.7 Å². The molecule has 0 N–H and O–H groups in total. The summed E-state index contributed by atoms with van der Waals surface area (Å²) in [5.41, 5.74) is 16.9. The predicted molar refractivity (Wildman–Crippen MR) is 149 cm³/mol. The van der Waals surface area contributed by atoms with Gasteiger partial charge in [-0.2, -0.15) is 0 Å². The summed E-state index contributed by atoms with van der Waals surface area (Å²) in [5, 5.41) is 0. The number of hydrogen-bond acceptors (Lipinski definition) is 3. The highest BCUT2D eigenvalue weighted by atomic mass is 32.2. The zero-order valence-corrected chi connectivity index (χ0v) is 22.5. The normalized spacial score (nSPS) is 15.8. The molecule has 2 rings (SSSR count). The van der Waals surface area contributed by atoms with E-state index in [1.54, 1.807) is 0 Å². The number of rotatable bonds is 9. The van der Waals surface area contributed by atoms with Gasteiger partial charge in [0.25, 0.3) is 0 Å². The van der Waals surface area contributed by atoms with Crippen molar-refractivity contribution in [2.24, 2.45) is 5.92 Å². The van der Waals surface area contributed by atoms with Crippen LogP contribution in [0, 0.1) is 5.92 Å². The van der Waals surface area contributed by atoms with Gasteiger partial charge in [-0.15, -0.1) is 24.0 Å². The number of thiol groups is 1. The summed E-state index contributed by atoms with van der Waals surface area (Å²) in [4.78, 5) is 6.03. The first-order valence-corrected chi connectivity index (χ1v) is 12.9. The van der Waals surface area contributed by atoms with Crippen LogP contribution in [-0.2, 0) is 6.42 Å². The summed E-state index contributed by atoms with van der Waals surface area (Å²) in [6.45, 7) is 16.5. The molecule has 32 heavy (non-hydrogen) atoms. The molecule has 1 aromatic heterocycles. The first-order valence-electron chi connectivity index (χ1n) is 10.8. The van der Waals surface area contributed by atoms with E-state index in [9.17, 15) is 0 Å². The maximum Gasteiger partial charge on any atom is 0.0575 e. The van der Waals surface area contributed by atoms with Gasteiger partial charge in [-0.1, -0.05) is 72.8 Å². The van der Waals surface area contributed by atoms with Crippen LogP contribution in [0.2, 0.25) is 0 Å². The first kappa shape index (κ1) is 26.2. The fourth-order valence-corrected chi connectivity index (χ4v) is 5.06. The van der Waals surface area contributed by atoms with Gasteiger partial charge in [0, 0.05) is 26.0 Å². The summed E-state index contributed by atoms with van der Waals surface area (Å²) in [5.74, 6) is 0.571. The molecule has 1 aromatic rings. The maximum absolute atomic E-state index is 4.40. The van der Waals surface area contributed by atoms with E-state index in [1.165, 1.54) is 36.3 Å². The fourth-order valence-electron chi connectivity index (χ4n) is 2.75. The van der Waals surface area contributed by atoms with Gasteiger partial charge in [0.1, 0.15) is 0 Å². The van der Waals surface area contributed by atoms with Gasteiger partial charge in [0.2, 0.25) is 0 Å². The Hall–Kier alpha value is -2.04. The van der Waals surface area contributed by atoms with Gasteiger partial charge in [-0.05, 0) is 81.0 Å². The fraction of sp³-hybridized carbons (Fsp3) is 0.310. The highest BCUT2D eigenvalue weighted by molar-refractivity contribution is 8.06. The molecule has 1 aliphatic rings. The number of hydrogen-bond donors (Lipinski definition) is 1. The van der Waals surface area contributed by atoms with Crippen molar-refractivity contribution >= 4 is 41.3 Å². The molecule has 0 aliphatic carbocycles. The summed E-state index contributed by atoms with van der Waals surface area (Å²) >= 11 is 8.11. The van der Waals surface area contributed by atoms with Gasteiger partial charge in [-0.3, -0.25) is 0 Å². The molecule has 0 nitrogen and oxygen atoms in total. The quantitative estimate of drug-likeness (QED) is 0.210. The second-order valence-electron chi connectivity index (χ2n) is 7.94. The summed E-state index contributed by atoms with van der Waals surface area (Å²) in [6, 6.07) is 4.47. The minimum absolute atomic E-state index is 0.571. The second kappa shape index (κ2) is 12.9. The molecule has 1 aliphatic heterocycles. The first-order chi connectivity index (χ1) is 15.2. The van der Waals surface area contributed by atoms with E-state index in [0.717, 1.165) is 23.3 Å². The van der Waals surface area contributed by atoms with Gasteiger partial charge < -0.3 is 0 Å². The Morgan fingerprint density at radius 2 is 1.72 bits per heavy atom. The van der Waals surface area contributed by atoms with Gasteiger partial charge >= 0.3 is 0 Å². The highest BCUT2D eigenvalue weighted by Crippen LogP contribution is 2.37. The molecule has 0 fully saturated rings. The van der Waals surface area contributed by atoms with Crippen LogP contribution in [0.5, 0.6) is 0 Å². The molecule has 0 spiro atoms. The van der Waals surface area contributed by atoms with Gasteiger partial charge in [-0.25, -0.2) is 0 Å². The zero-order valence-electron chi connectivity index (χ0n) is 19.9. The summed E-state index contributed by atoms with van der Waals surface area (Å²) < 4.78 is 0. The molecular weight excluding hydrogens is 445 g/mol. The maximum atomic E-state index is 4.40. The molecule has 1 unspecified atom stereocenters. The Bertz CT molecular complexity index is 1170. The Morgan fingerprint density at radius 3 is 2.38 bits per heavy atom. The van der Waals surface area contributed by atoms with E-state index in [4.69, 9.17) is 0 Å². The van der Waals surface area contributed by atoms with Crippen molar-refractivity contribution in [1.29, 1.82) is 0 Å². The van der Waals surface area contributed by atoms with Gasteiger partial charge in [0.15, 0.2) is 0 Å². The number of thiophene rings is 1. The average Bonchev–Trinajstić information content (AvgIpc) is 3.45. The van der Waals surface area contributed by atoms with E-state index in [2.05, 4.69) is 107 Å². The molecule has 0 amide bonds. The smallest absolute Gasteiger partial charge is 0.0575 e. The van der Waals surface area contributed by atoms with Crippen LogP contribution in [-0.4, -0.2) is 0 Å².